The lowest BCUT2D eigenvalue weighted by Crippen LogP contribution is -2.10. The molecule has 0 aliphatic carbocycles. The van der Waals surface area contributed by atoms with Crippen molar-refractivity contribution < 1.29 is 14.3 Å². The third kappa shape index (κ3) is 2.82. The quantitative estimate of drug-likeness (QED) is 0.796. The van der Waals surface area contributed by atoms with Gasteiger partial charge in [0.15, 0.2) is 0 Å². The Balaban J connectivity index is 2.30. The van der Waals surface area contributed by atoms with E-state index >= 15 is 0 Å². The van der Waals surface area contributed by atoms with Crippen LogP contribution in [0.25, 0.3) is 11.1 Å². The highest BCUT2D eigenvalue weighted by Gasteiger charge is 2.15. The Morgan fingerprint density at radius 3 is 2.25 bits per heavy atom. The number of hydrogen-bond acceptors (Lipinski definition) is 3. The zero-order valence-electron chi connectivity index (χ0n) is 11.9. The summed E-state index contributed by atoms with van der Waals surface area (Å²) >= 11 is 0. The third-order valence-electron chi connectivity index (χ3n) is 3.38. The number of carbonyl (C=O) groups excluding carboxylic acids is 1. The topological polar surface area (TPSA) is 35.5 Å². The molecule has 0 aliphatic rings. The largest absolute Gasteiger partial charge is 0.496 e. The van der Waals surface area contributed by atoms with Crippen molar-refractivity contribution in [2.75, 3.05) is 14.2 Å². The van der Waals surface area contributed by atoms with Crippen LogP contribution in [0, 0.1) is 0 Å². The van der Waals surface area contributed by atoms with Crippen LogP contribution in [-0.4, -0.2) is 20.2 Å². The Morgan fingerprint density at radius 1 is 1.00 bits per heavy atom. The van der Waals surface area contributed by atoms with Crippen LogP contribution in [0.2, 0.25) is 0 Å². The van der Waals surface area contributed by atoms with Crippen molar-refractivity contribution in [1.29, 1.82) is 0 Å². The van der Waals surface area contributed by atoms with Gasteiger partial charge in [-0.1, -0.05) is 42.5 Å². The maximum absolute atomic E-state index is 11.5. The Labute approximate surface area is 119 Å². The van der Waals surface area contributed by atoms with Gasteiger partial charge in [-0.15, -0.1) is 0 Å². The van der Waals surface area contributed by atoms with Crippen LogP contribution in [-0.2, 0) is 9.53 Å². The van der Waals surface area contributed by atoms with Crippen LogP contribution >= 0.6 is 0 Å². The highest BCUT2D eigenvalue weighted by molar-refractivity contribution is 5.78. The molecule has 0 saturated carbocycles. The number of esters is 1. The first kappa shape index (κ1) is 14.1. The van der Waals surface area contributed by atoms with Crippen molar-refractivity contribution >= 4 is 5.97 Å². The summed E-state index contributed by atoms with van der Waals surface area (Å²) in [4.78, 5) is 11.5. The molecule has 0 spiro atoms. The van der Waals surface area contributed by atoms with Gasteiger partial charge in [0.2, 0.25) is 0 Å². The van der Waals surface area contributed by atoms with Gasteiger partial charge in [0.25, 0.3) is 0 Å². The number of ether oxygens (including phenoxy) is 2. The zero-order valence-corrected chi connectivity index (χ0v) is 11.9. The SMILES string of the molecule is COC(=O)C(C)c1ccc(-c2ccccc2OC)cc1. The van der Waals surface area contributed by atoms with Gasteiger partial charge >= 0.3 is 5.97 Å². The second kappa shape index (κ2) is 6.24. The number of methoxy groups -OCH3 is 2. The minimum atomic E-state index is -0.258. The predicted molar refractivity (Wildman–Crippen MR) is 78.9 cm³/mol. The fourth-order valence-electron chi connectivity index (χ4n) is 2.15. The van der Waals surface area contributed by atoms with Crippen LogP contribution in [0.1, 0.15) is 18.4 Å². The summed E-state index contributed by atoms with van der Waals surface area (Å²) < 4.78 is 10.1. The summed E-state index contributed by atoms with van der Waals surface area (Å²) in [7, 11) is 3.06. The second-order valence-electron chi connectivity index (χ2n) is 4.57. The fraction of sp³-hybridized carbons (Fsp3) is 0.235. The molecule has 2 aromatic carbocycles. The summed E-state index contributed by atoms with van der Waals surface area (Å²) in [6, 6.07) is 15.7. The van der Waals surface area contributed by atoms with E-state index in [-0.39, 0.29) is 11.9 Å². The van der Waals surface area contributed by atoms with E-state index in [0.717, 1.165) is 22.4 Å². The molecule has 0 aromatic heterocycles. The van der Waals surface area contributed by atoms with Crippen LogP contribution in [0.5, 0.6) is 5.75 Å². The minimum Gasteiger partial charge on any atom is -0.496 e. The van der Waals surface area contributed by atoms with Crippen LogP contribution < -0.4 is 4.74 Å². The van der Waals surface area contributed by atoms with Crippen molar-refractivity contribution in [3.8, 4) is 16.9 Å². The van der Waals surface area contributed by atoms with Crippen molar-refractivity contribution in [2.24, 2.45) is 0 Å². The van der Waals surface area contributed by atoms with Gasteiger partial charge < -0.3 is 9.47 Å². The fourth-order valence-corrected chi connectivity index (χ4v) is 2.15. The molecule has 20 heavy (non-hydrogen) atoms. The van der Waals surface area contributed by atoms with Crippen LogP contribution in [0.3, 0.4) is 0 Å². The molecule has 2 rings (SSSR count). The first-order valence-corrected chi connectivity index (χ1v) is 6.48. The van der Waals surface area contributed by atoms with Crippen molar-refractivity contribution in [2.45, 2.75) is 12.8 Å². The zero-order chi connectivity index (χ0) is 14.5. The van der Waals surface area contributed by atoms with Gasteiger partial charge in [0.05, 0.1) is 20.1 Å². The van der Waals surface area contributed by atoms with E-state index in [1.165, 1.54) is 7.11 Å². The highest BCUT2D eigenvalue weighted by atomic mass is 16.5. The molecule has 0 radical (unpaired) electrons. The first-order valence-electron chi connectivity index (χ1n) is 6.48. The van der Waals surface area contributed by atoms with Crippen molar-refractivity contribution in [1.82, 2.24) is 0 Å². The van der Waals surface area contributed by atoms with Gasteiger partial charge in [-0.2, -0.15) is 0 Å². The Morgan fingerprint density at radius 2 is 1.65 bits per heavy atom. The number of carbonyl (C=O) groups is 1. The summed E-state index contributed by atoms with van der Waals surface area (Å²) in [6.07, 6.45) is 0. The van der Waals surface area contributed by atoms with Crippen molar-refractivity contribution in [3.63, 3.8) is 0 Å². The van der Waals surface area contributed by atoms with E-state index in [2.05, 4.69) is 0 Å². The highest BCUT2D eigenvalue weighted by Crippen LogP contribution is 2.30. The summed E-state index contributed by atoms with van der Waals surface area (Å²) in [5.41, 5.74) is 3.03. The van der Waals surface area contributed by atoms with Crippen molar-refractivity contribution in [3.05, 3.63) is 54.1 Å². The number of hydrogen-bond donors (Lipinski definition) is 0. The summed E-state index contributed by atoms with van der Waals surface area (Å²) in [6.45, 7) is 1.84. The summed E-state index contributed by atoms with van der Waals surface area (Å²) in [5, 5.41) is 0. The lowest BCUT2D eigenvalue weighted by molar-refractivity contribution is -0.141. The molecular weight excluding hydrogens is 252 g/mol. The van der Waals surface area contributed by atoms with E-state index < -0.39 is 0 Å². The minimum absolute atomic E-state index is 0.227. The molecule has 1 atom stereocenters. The lowest BCUT2D eigenvalue weighted by Gasteiger charge is -2.12. The monoisotopic (exact) mass is 270 g/mol. The van der Waals surface area contributed by atoms with Gasteiger partial charge in [0.1, 0.15) is 5.75 Å². The van der Waals surface area contributed by atoms with Gasteiger partial charge in [0, 0.05) is 5.56 Å². The molecule has 0 bridgehead atoms. The molecule has 1 unspecified atom stereocenters. The molecule has 104 valence electrons. The molecule has 0 amide bonds. The molecule has 2 aromatic rings. The normalized spacial score (nSPS) is 11.8. The maximum Gasteiger partial charge on any atom is 0.312 e. The number of rotatable bonds is 4. The average Bonchev–Trinajstić information content (AvgIpc) is 2.53. The van der Waals surface area contributed by atoms with E-state index in [9.17, 15) is 4.79 Å². The molecule has 0 fully saturated rings. The second-order valence-corrected chi connectivity index (χ2v) is 4.57. The average molecular weight is 270 g/mol. The molecule has 3 heteroatoms. The molecule has 0 aliphatic heterocycles. The molecule has 0 saturated heterocycles. The van der Waals surface area contributed by atoms with E-state index in [1.807, 2.05) is 55.5 Å². The first-order chi connectivity index (χ1) is 9.67. The van der Waals surface area contributed by atoms with E-state index in [1.54, 1.807) is 7.11 Å². The molecule has 0 heterocycles. The van der Waals surface area contributed by atoms with Gasteiger partial charge in [-0.05, 0) is 24.1 Å². The van der Waals surface area contributed by atoms with Crippen LogP contribution in [0.4, 0.5) is 0 Å². The maximum atomic E-state index is 11.5. The third-order valence-corrected chi connectivity index (χ3v) is 3.38. The summed E-state index contributed by atoms with van der Waals surface area (Å²) in [5.74, 6) is 0.350. The Bertz CT molecular complexity index is 587. The molecule has 3 nitrogen and oxygen atoms in total. The Kier molecular flexibility index (Phi) is 4.41. The molecular formula is C17H18O3. The van der Waals surface area contributed by atoms with Gasteiger partial charge in [-0.25, -0.2) is 0 Å². The Hall–Kier alpha value is -2.29. The number of para-hydroxylation sites is 1. The van der Waals surface area contributed by atoms with E-state index in [0.29, 0.717) is 0 Å². The van der Waals surface area contributed by atoms with Crippen LogP contribution in [0.15, 0.2) is 48.5 Å². The predicted octanol–water partition coefficient (Wildman–Crippen LogP) is 3.64. The lowest BCUT2D eigenvalue weighted by atomic mass is 9.97. The smallest absolute Gasteiger partial charge is 0.312 e. The molecule has 0 N–H and O–H groups in total. The van der Waals surface area contributed by atoms with E-state index in [4.69, 9.17) is 9.47 Å². The standard InChI is InChI=1S/C17H18O3/c1-12(17(18)20-3)13-8-10-14(11-9-13)15-6-4-5-7-16(15)19-2/h4-12H,1-3H3. The van der Waals surface area contributed by atoms with Gasteiger partial charge in [-0.3, -0.25) is 4.79 Å². The number of benzene rings is 2.